The fourth-order valence-electron chi connectivity index (χ4n) is 1.81. The summed E-state index contributed by atoms with van der Waals surface area (Å²) in [5.41, 5.74) is -0.873. The Labute approximate surface area is 113 Å². The third-order valence-electron chi connectivity index (χ3n) is 2.82. The number of alkyl halides is 3. The van der Waals surface area contributed by atoms with Gasteiger partial charge in [-0.1, -0.05) is 0 Å². The van der Waals surface area contributed by atoms with Crippen molar-refractivity contribution in [2.24, 2.45) is 5.14 Å². The quantitative estimate of drug-likeness (QED) is 0.893. The minimum atomic E-state index is -4.46. The maximum Gasteiger partial charge on any atom is 0.417 e. The fourth-order valence-corrected chi connectivity index (χ4v) is 2.55. The molecule has 0 spiro atoms. The molecular formula is C10H12F3N3O3S. The minimum absolute atomic E-state index is 0.0132. The van der Waals surface area contributed by atoms with E-state index in [1.165, 1.54) is 0 Å². The lowest BCUT2D eigenvalue weighted by atomic mass is 10.3. The highest BCUT2D eigenvalue weighted by atomic mass is 32.2. The van der Waals surface area contributed by atoms with Gasteiger partial charge in [0.1, 0.15) is 6.10 Å². The summed E-state index contributed by atoms with van der Waals surface area (Å²) in [6, 6.07) is 1.96. The SMILES string of the molecule is NS(=O)(=O)N1CC[C@@H](Oc2ccc(C(F)(F)F)cn2)C1. The number of aromatic nitrogens is 1. The lowest BCUT2D eigenvalue weighted by molar-refractivity contribution is -0.137. The molecule has 0 bridgehead atoms. The second-order valence-corrected chi connectivity index (χ2v) is 5.86. The van der Waals surface area contributed by atoms with Crippen LogP contribution in [0, 0.1) is 0 Å². The number of rotatable bonds is 3. The summed E-state index contributed by atoms with van der Waals surface area (Å²) in [5, 5.41) is 4.97. The Morgan fingerprint density at radius 2 is 2.10 bits per heavy atom. The summed E-state index contributed by atoms with van der Waals surface area (Å²) < 4.78 is 65.6. The lowest BCUT2D eigenvalue weighted by Gasteiger charge is -2.14. The van der Waals surface area contributed by atoms with Crippen molar-refractivity contribution in [3.63, 3.8) is 0 Å². The molecule has 1 aromatic rings. The summed E-state index contributed by atoms with van der Waals surface area (Å²) in [6.45, 7) is 0.270. The molecule has 0 aromatic carbocycles. The van der Waals surface area contributed by atoms with Crippen LogP contribution in [0.4, 0.5) is 13.2 Å². The first-order valence-electron chi connectivity index (χ1n) is 5.64. The van der Waals surface area contributed by atoms with E-state index in [1.807, 2.05) is 0 Å². The zero-order valence-electron chi connectivity index (χ0n) is 10.2. The molecule has 1 aliphatic heterocycles. The first-order chi connectivity index (χ1) is 9.16. The van der Waals surface area contributed by atoms with Crippen LogP contribution in [-0.4, -0.2) is 36.9 Å². The minimum Gasteiger partial charge on any atom is -0.473 e. The fraction of sp³-hybridized carbons (Fsp3) is 0.500. The van der Waals surface area contributed by atoms with E-state index in [-0.39, 0.29) is 19.0 Å². The van der Waals surface area contributed by atoms with Gasteiger partial charge < -0.3 is 4.74 Å². The highest BCUT2D eigenvalue weighted by Crippen LogP contribution is 2.29. The third-order valence-corrected chi connectivity index (χ3v) is 3.87. The van der Waals surface area contributed by atoms with E-state index in [0.29, 0.717) is 12.6 Å². The van der Waals surface area contributed by atoms with Crippen LogP contribution in [0.5, 0.6) is 5.88 Å². The topological polar surface area (TPSA) is 85.5 Å². The van der Waals surface area contributed by atoms with Gasteiger partial charge in [-0.2, -0.15) is 25.9 Å². The van der Waals surface area contributed by atoms with E-state index in [4.69, 9.17) is 9.88 Å². The Bertz CT molecular complexity index is 574. The van der Waals surface area contributed by atoms with E-state index in [0.717, 1.165) is 16.4 Å². The normalized spacial score (nSPS) is 21.1. The molecule has 6 nitrogen and oxygen atoms in total. The van der Waals surface area contributed by atoms with Crippen LogP contribution in [0.1, 0.15) is 12.0 Å². The Morgan fingerprint density at radius 3 is 2.55 bits per heavy atom. The molecule has 1 atom stereocenters. The Hall–Kier alpha value is -1.39. The van der Waals surface area contributed by atoms with E-state index >= 15 is 0 Å². The van der Waals surface area contributed by atoms with E-state index in [2.05, 4.69) is 4.98 Å². The van der Waals surface area contributed by atoms with Crippen molar-refractivity contribution < 1.29 is 26.3 Å². The molecule has 1 fully saturated rings. The number of nitrogens with zero attached hydrogens (tertiary/aromatic N) is 2. The number of hydrogen-bond donors (Lipinski definition) is 1. The molecule has 0 unspecified atom stereocenters. The van der Waals surface area contributed by atoms with Crippen LogP contribution in [0.25, 0.3) is 0 Å². The van der Waals surface area contributed by atoms with Crippen LogP contribution in [0.15, 0.2) is 18.3 Å². The molecule has 10 heteroatoms. The zero-order valence-corrected chi connectivity index (χ0v) is 11.0. The van der Waals surface area contributed by atoms with Gasteiger partial charge in [-0.25, -0.2) is 10.1 Å². The van der Waals surface area contributed by atoms with Gasteiger partial charge in [-0.05, 0) is 12.5 Å². The predicted octanol–water partition coefficient (Wildman–Crippen LogP) is 0.757. The van der Waals surface area contributed by atoms with E-state index in [9.17, 15) is 21.6 Å². The summed E-state index contributed by atoms with van der Waals surface area (Å²) in [5.74, 6) is 0.0132. The molecule has 2 N–H and O–H groups in total. The predicted molar refractivity (Wildman–Crippen MR) is 63.0 cm³/mol. The van der Waals surface area contributed by atoms with Gasteiger partial charge in [0.05, 0.1) is 12.1 Å². The molecule has 1 aliphatic rings. The molecule has 2 rings (SSSR count). The van der Waals surface area contributed by atoms with Crippen molar-refractivity contribution in [1.82, 2.24) is 9.29 Å². The summed E-state index contributed by atoms with van der Waals surface area (Å²) >= 11 is 0. The Morgan fingerprint density at radius 1 is 1.40 bits per heavy atom. The number of hydrogen-bond acceptors (Lipinski definition) is 4. The van der Waals surface area contributed by atoms with Gasteiger partial charge in [0.2, 0.25) is 5.88 Å². The van der Waals surface area contributed by atoms with Gasteiger partial charge >= 0.3 is 6.18 Å². The second-order valence-electron chi connectivity index (χ2n) is 4.31. The average molecular weight is 311 g/mol. The molecule has 20 heavy (non-hydrogen) atoms. The molecule has 2 heterocycles. The third kappa shape index (κ3) is 3.58. The highest BCUT2D eigenvalue weighted by molar-refractivity contribution is 7.86. The molecule has 0 radical (unpaired) electrons. The maximum absolute atomic E-state index is 12.3. The number of ether oxygens (including phenoxy) is 1. The Kier molecular flexibility index (Phi) is 3.89. The van der Waals surface area contributed by atoms with E-state index in [1.54, 1.807) is 0 Å². The molecule has 0 aliphatic carbocycles. The maximum atomic E-state index is 12.3. The van der Waals surface area contributed by atoms with Gasteiger partial charge in [0.15, 0.2) is 0 Å². The molecule has 1 aromatic heterocycles. The zero-order chi connectivity index (χ0) is 15.0. The van der Waals surface area contributed by atoms with Crippen molar-refractivity contribution in [1.29, 1.82) is 0 Å². The summed E-state index contributed by atoms with van der Waals surface area (Å²) in [6.07, 6.45) is -3.86. The summed E-state index contributed by atoms with van der Waals surface area (Å²) in [4.78, 5) is 3.55. The molecule has 0 saturated carbocycles. The number of pyridine rings is 1. The largest absolute Gasteiger partial charge is 0.473 e. The first-order valence-corrected chi connectivity index (χ1v) is 7.14. The van der Waals surface area contributed by atoms with Crippen molar-refractivity contribution >= 4 is 10.2 Å². The van der Waals surface area contributed by atoms with E-state index < -0.39 is 28.1 Å². The smallest absolute Gasteiger partial charge is 0.417 e. The van der Waals surface area contributed by atoms with Crippen molar-refractivity contribution in [2.45, 2.75) is 18.7 Å². The lowest BCUT2D eigenvalue weighted by Crippen LogP contribution is -2.36. The summed E-state index contributed by atoms with van der Waals surface area (Å²) in [7, 11) is -3.77. The van der Waals surface area contributed by atoms with Crippen LogP contribution < -0.4 is 9.88 Å². The highest BCUT2D eigenvalue weighted by Gasteiger charge is 2.32. The van der Waals surface area contributed by atoms with Crippen molar-refractivity contribution in [3.05, 3.63) is 23.9 Å². The van der Waals surface area contributed by atoms with Crippen LogP contribution >= 0.6 is 0 Å². The molecular weight excluding hydrogens is 299 g/mol. The molecule has 112 valence electrons. The Balaban J connectivity index is 1.99. The molecule has 1 saturated heterocycles. The van der Waals surface area contributed by atoms with Gasteiger partial charge in [0, 0.05) is 18.8 Å². The average Bonchev–Trinajstić information content (AvgIpc) is 2.77. The first kappa shape index (κ1) is 15.0. The van der Waals surface area contributed by atoms with Gasteiger partial charge in [0.25, 0.3) is 10.2 Å². The van der Waals surface area contributed by atoms with Crippen molar-refractivity contribution in [3.8, 4) is 5.88 Å². The van der Waals surface area contributed by atoms with Crippen LogP contribution in [0.2, 0.25) is 0 Å². The standard InChI is InChI=1S/C10H12F3N3O3S/c11-10(12,13)7-1-2-9(15-5-7)19-8-3-4-16(6-8)20(14,17)18/h1-2,5,8H,3-4,6H2,(H2,14,17,18)/t8-/m1/s1. The van der Waals surface area contributed by atoms with Gasteiger partial charge in [-0.3, -0.25) is 0 Å². The van der Waals surface area contributed by atoms with Crippen LogP contribution in [-0.2, 0) is 16.4 Å². The second kappa shape index (κ2) is 5.19. The number of halogens is 3. The monoisotopic (exact) mass is 311 g/mol. The number of nitrogens with two attached hydrogens (primary N) is 1. The van der Waals surface area contributed by atoms with Crippen LogP contribution in [0.3, 0.4) is 0 Å². The van der Waals surface area contributed by atoms with Crippen molar-refractivity contribution in [2.75, 3.05) is 13.1 Å². The molecule has 0 amide bonds. The van der Waals surface area contributed by atoms with Gasteiger partial charge in [-0.15, -0.1) is 0 Å².